The highest BCUT2D eigenvalue weighted by molar-refractivity contribution is 6.18. The van der Waals surface area contributed by atoms with Gasteiger partial charge in [0.2, 0.25) is 0 Å². The number of hydrogen-bond acceptors (Lipinski definition) is 2. The van der Waals surface area contributed by atoms with Crippen LogP contribution in [0.2, 0.25) is 0 Å². The van der Waals surface area contributed by atoms with Gasteiger partial charge in [0.1, 0.15) is 5.75 Å². The first-order valence-electron chi connectivity index (χ1n) is 7.32. The van der Waals surface area contributed by atoms with Gasteiger partial charge < -0.3 is 9.64 Å². The molecule has 1 fully saturated rings. The van der Waals surface area contributed by atoms with Gasteiger partial charge in [0.15, 0.2) is 0 Å². The van der Waals surface area contributed by atoms with E-state index in [0.717, 1.165) is 38.1 Å². The molecule has 0 unspecified atom stereocenters. The van der Waals surface area contributed by atoms with E-state index in [1.165, 1.54) is 0 Å². The van der Waals surface area contributed by atoms with Crippen LogP contribution in [0, 0.1) is 5.92 Å². The molecule has 1 saturated heterocycles. The molecule has 1 amide bonds. The summed E-state index contributed by atoms with van der Waals surface area (Å²) in [5, 5.41) is 0. The number of carbonyl (C=O) groups excluding carboxylic acids is 1. The summed E-state index contributed by atoms with van der Waals surface area (Å²) in [6.45, 7) is 4.35. The lowest BCUT2D eigenvalue weighted by molar-refractivity contribution is 0.0697. The Bertz CT molecular complexity index is 442. The van der Waals surface area contributed by atoms with Gasteiger partial charge in [-0.3, -0.25) is 4.79 Å². The fourth-order valence-electron chi connectivity index (χ4n) is 2.41. The average Bonchev–Trinajstić information content (AvgIpc) is 2.52. The Kier molecular flexibility index (Phi) is 5.72. The molecular weight excluding hydrogens is 274 g/mol. The van der Waals surface area contributed by atoms with E-state index in [4.69, 9.17) is 16.3 Å². The summed E-state index contributed by atoms with van der Waals surface area (Å²) < 4.78 is 5.58. The summed E-state index contributed by atoms with van der Waals surface area (Å²) >= 11 is 5.87. The number of alkyl halides is 1. The molecule has 0 atom stereocenters. The summed E-state index contributed by atoms with van der Waals surface area (Å²) in [6, 6.07) is 7.47. The molecule has 1 aliphatic rings. The summed E-state index contributed by atoms with van der Waals surface area (Å²) in [4.78, 5) is 14.4. The summed E-state index contributed by atoms with van der Waals surface area (Å²) in [7, 11) is 0. The second-order valence-corrected chi connectivity index (χ2v) is 5.57. The number of hydrogen-bond donors (Lipinski definition) is 0. The minimum Gasteiger partial charge on any atom is -0.494 e. The third-order valence-corrected chi connectivity index (χ3v) is 4.11. The molecular formula is C16H22ClNO2. The molecule has 0 spiro atoms. The van der Waals surface area contributed by atoms with Gasteiger partial charge in [0, 0.05) is 24.5 Å². The highest BCUT2D eigenvalue weighted by Crippen LogP contribution is 2.21. The molecule has 0 radical (unpaired) electrons. The topological polar surface area (TPSA) is 29.5 Å². The summed E-state index contributed by atoms with van der Waals surface area (Å²) in [5.74, 6) is 2.12. The van der Waals surface area contributed by atoms with Crippen molar-refractivity contribution < 1.29 is 9.53 Å². The first kappa shape index (κ1) is 15.2. The molecule has 3 nitrogen and oxygen atoms in total. The van der Waals surface area contributed by atoms with E-state index in [2.05, 4.69) is 6.92 Å². The van der Waals surface area contributed by atoms with Crippen molar-refractivity contribution >= 4 is 17.5 Å². The smallest absolute Gasteiger partial charge is 0.253 e. The second kappa shape index (κ2) is 7.53. The van der Waals surface area contributed by atoms with Gasteiger partial charge in [0.05, 0.1) is 6.61 Å². The molecule has 1 aromatic carbocycles. The third kappa shape index (κ3) is 3.89. The van der Waals surface area contributed by atoms with Gasteiger partial charge in [-0.1, -0.05) is 13.0 Å². The third-order valence-electron chi connectivity index (χ3n) is 3.67. The Hall–Kier alpha value is -1.22. The average molecular weight is 296 g/mol. The maximum absolute atomic E-state index is 12.5. The lowest BCUT2D eigenvalue weighted by Crippen LogP contribution is -2.38. The molecule has 110 valence electrons. The van der Waals surface area contributed by atoms with Crippen molar-refractivity contribution in [2.75, 3.05) is 25.6 Å². The number of ether oxygens (including phenoxy) is 1. The Morgan fingerprint density at radius 1 is 1.40 bits per heavy atom. The number of rotatable bonds is 5. The van der Waals surface area contributed by atoms with E-state index in [1.54, 1.807) is 0 Å². The molecule has 0 aromatic heterocycles. The van der Waals surface area contributed by atoms with E-state index in [9.17, 15) is 4.79 Å². The number of nitrogens with zero attached hydrogens (tertiary/aromatic N) is 1. The zero-order valence-corrected chi connectivity index (χ0v) is 12.7. The van der Waals surface area contributed by atoms with Gasteiger partial charge in [-0.2, -0.15) is 0 Å². The minimum atomic E-state index is 0.0972. The second-order valence-electron chi connectivity index (χ2n) is 5.27. The van der Waals surface area contributed by atoms with E-state index < -0.39 is 0 Å². The van der Waals surface area contributed by atoms with Crippen molar-refractivity contribution in [3.63, 3.8) is 0 Å². The Balaban J connectivity index is 1.98. The van der Waals surface area contributed by atoms with E-state index in [-0.39, 0.29) is 5.91 Å². The number of amides is 1. The zero-order chi connectivity index (χ0) is 14.4. The first-order chi connectivity index (χ1) is 9.74. The SMILES string of the molecule is CCCOc1cccc(C(=O)N2CCC(CCl)CC2)c1. The van der Waals surface area contributed by atoms with Crippen LogP contribution in [0.5, 0.6) is 5.75 Å². The predicted octanol–water partition coefficient (Wildman–Crippen LogP) is 3.57. The maximum Gasteiger partial charge on any atom is 0.253 e. The lowest BCUT2D eigenvalue weighted by Gasteiger charge is -2.31. The maximum atomic E-state index is 12.5. The van der Waals surface area contributed by atoms with Crippen LogP contribution >= 0.6 is 11.6 Å². The minimum absolute atomic E-state index is 0.0972. The molecule has 1 heterocycles. The van der Waals surface area contributed by atoms with Crippen molar-refractivity contribution in [3.8, 4) is 5.75 Å². The molecule has 1 aromatic rings. The molecule has 0 N–H and O–H groups in total. The number of benzene rings is 1. The van der Waals surface area contributed by atoms with Gasteiger partial charge in [-0.05, 0) is 43.4 Å². The van der Waals surface area contributed by atoms with Crippen LogP contribution in [0.25, 0.3) is 0 Å². The van der Waals surface area contributed by atoms with Gasteiger partial charge in [0.25, 0.3) is 5.91 Å². The fraction of sp³-hybridized carbons (Fsp3) is 0.562. The van der Waals surface area contributed by atoms with Crippen molar-refractivity contribution in [2.24, 2.45) is 5.92 Å². The molecule has 0 aliphatic carbocycles. The monoisotopic (exact) mass is 295 g/mol. The lowest BCUT2D eigenvalue weighted by atomic mass is 9.98. The normalized spacial score (nSPS) is 16.2. The predicted molar refractivity (Wildman–Crippen MR) is 81.6 cm³/mol. The van der Waals surface area contributed by atoms with Crippen LogP contribution in [0.1, 0.15) is 36.5 Å². The van der Waals surface area contributed by atoms with Gasteiger partial charge in [-0.25, -0.2) is 0 Å². The van der Waals surface area contributed by atoms with Crippen LogP contribution < -0.4 is 4.74 Å². The standard InChI is InChI=1S/C16H22ClNO2/c1-2-10-20-15-5-3-4-14(11-15)16(19)18-8-6-13(12-17)7-9-18/h3-5,11,13H,2,6-10,12H2,1H3. The van der Waals surface area contributed by atoms with Crippen LogP contribution in [0.15, 0.2) is 24.3 Å². The first-order valence-corrected chi connectivity index (χ1v) is 7.86. The molecule has 4 heteroatoms. The van der Waals surface area contributed by atoms with Crippen LogP contribution in [-0.2, 0) is 0 Å². The van der Waals surface area contributed by atoms with Crippen molar-refractivity contribution in [1.29, 1.82) is 0 Å². The zero-order valence-electron chi connectivity index (χ0n) is 12.0. The van der Waals surface area contributed by atoms with Crippen molar-refractivity contribution in [2.45, 2.75) is 26.2 Å². The van der Waals surface area contributed by atoms with Crippen LogP contribution in [-0.4, -0.2) is 36.4 Å². The Morgan fingerprint density at radius 3 is 2.80 bits per heavy atom. The highest BCUT2D eigenvalue weighted by atomic mass is 35.5. The summed E-state index contributed by atoms with van der Waals surface area (Å²) in [5.41, 5.74) is 0.711. The number of halogens is 1. The van der Waals surface area contributed by atoms with Crippen molar-refractivity contribution in [3.05, 3.63) is 29.8 Å². The largest absolute Gasteiger partial charge is 0.494 e. The van der Waals surface area contributed by atoms with E-state index in [1.807, 2.05) is 29.2 Å². The number of likely N-dealkylation sites (tertiary alicyclic amines) is 1. The Morgan fingerprint density at radius 2 is 2.15 bits per heavy atom. The van der Waals surface area contributed by atoms with Crippen LogP contribution in [0.3, 0.4) is 0 Å². The number of piperidine rings is 1. The molecule has 0 saturated carbocycles. The Labute approximate surface area is 125 Å². The van der Waals surface area contributed by atoms with Crippen LogP contribution in [0.4, 0.5) is 0 Å². The molecule has 0 bridgehead atoms. The van der Waals surface area contributed by atoms with E-state index in [0.29, 0.717) is 24.0 Å². The molecule has 1 aliphatic heterocycles. The number of carbonyl (C=O) groups is 1. The van der Waals surface area contributed by atoms with Gasteiger partial charge >= 0.3 is 0 Å². The van der Waals surface area contributed by atoms with E-state index >= 15 is 0 Å². The fourth-order valence-corrected chi connectivity index (χ4v) is 2.72. The molecule has 2 rings (SSSR count). The quantitative estimate of drug-likeness (QED) is 0.777. The molecule has 20 heavy (non-hydrogen) atoms. The van der Waals surface area contributed by atoms with Crippen molar-refractivity contribution in [1.82, 2.24) is 4.90 Å². The summed E-state index contributed by atoms with van der Waals surface area (Å²) in [6.07, 6.45) is 2.96. The highest BCUT2D eigenvalue weighted by Gasteiger charge is 2.23. The van der Waals surface area contributed by atoms with Gasteiger partial charge in [-0.15, -0.1) is 11.6 Å².